The molecule has 80 valence electrons. The lowest BCUT2D eigenvalue weighted by molar-refractivity contribution is 0.0992. The molecule has 0 aliphatic carbocycles. The average Bonchev–Trinajstić information content (AvgIpc) is 2.13. The van der Waals surface area contributed by atoms with Gasteiger partial charge >= 0.3 is 0 Å². The number of amides is 1. The van der Waals surface area contributed by atoms with Crippen LogP contribution < -0.4 is 10.5 Å². The van der Waals surface area contributed by atoms with E-state index in [0.29, 0.717) is 4.48 Å². The van der Waals surface area contributed by atoms with Crippen molar-refractivity contribution in [1.82, 2.24) is 0 Å². The summed E-state index contributed by atoms with van der Waals surface area (Å²) < 4.78 is 18.9. The maximum absolute atomic E-state index is 13.2. The number of rotatable bonds is 4. The molecule has 0 aliphatic heterocycles. The van der Waals surface area contributed by atoms with Gasteiger partial charge in [0.15, 0.2) is 0 Å². The number of carbonyl (C=O) groups is 1. The highest BCUT2D eigenvalue weighted by Gasteiger charge is 2.14. The van der Waals surface area contributed by atoms with Gasteiger partial charge in [-0.05, 0) is 12.1 Å². The van der Waals surface area contributed by atoms with E-state index < -0.39 is 11.7 Å². The third-order valence-corrected chi connectivity index (χ3v) is 1.83. The highest BCUT2D eigenvalue weighted by atomic mass is 79.9. The third kappa shape index (κ3) is 3.06. The first-order chi connectivity index (χ1) is 7.02. The van der Waals surface area contributed by atoms with Gasteiger partial charge in [0.1, 0.15) is 23.7 Å². The van der Waals surface area contributed by atoms with Crippen LogP contribution in [0.4, 0.5) is 4.39 Å². The summed E-state index contributed by atoms with van der Waals surface area (Å²) in [6.45, 7) is 3.69. The molecular formula is C10H9BrFNO2. The van der Waals surface area contributed by atoms with E-state index in [1.54, 1.807) is 0 Å². The minimum atomic E-state index is -0.858. The predicted molar refractivity (Wildman–Crippen MR) is 58.5 cm³/mol. The molecule has 1 aromatic rings. The van der Waals surface area contributed by atoms with Crippen LogP contribution in [0.15, 0.2) is 29.3 Å². The van der Waals surface area contributed by atoms with Gasteiger partial charge in [0.05, 0.1) is 0 Å². The highest BCUT2D eigenvalue weighted by Crippen LogP contribution is 2.21. The Hall–Kier alpha value is -1.36. The Kier molecular flexibility index (Phi) is 3.85. The third-order valence-electron chi connectivity index (χ3n) is 1.61. The molecule has 0 heterocycles. The summed E-state index contributed by atoms with van der Waals surface area (Å²) in [5, 5.41) is 0. The average molecular weight is 274 g/mol. The molecule has 0 radical (unpaired) electrons. The van der Waals surface area contributed by atoms with Crippen molar-refractivity contribution in [2.45, 2.75) is 0 Å². The summed E-state index contributed by atoms with van der Waals surface area (Å²) in [5.74, 6) is -1.44. The number of hydrogen-bond donors (Lipinski definition) is 1. The molecule has 1 amide bonds. The van der Waals surface area contributed by atoms with Gasteiger partial charge in [-0.15, -0.1) is 0 Å². The standard InChI is InChI=1S/C10H9BrFNO2/c1-6(11)5-15-8-4-2-3-7(12)9(8)10(13)14/h2-4H,1,5H2,(H2,13,14). The fraction of sp³-hybridized carbons (Fsp3) is 0.100. The molecule has 0 unspecified atom stereocenters. The number of carbonyl (C=O) groups excluding carboxylic acids is 1. The number of benzene rings is 1. The fourth-order valence-corrected chi connectivity index (χ4v) is 1.13. The second-order valence-corrected chi connectivity index (χ2v) is 3.90. The van der Waals surface area contributed by atoms with E-state index in [9.17, 15) is 9.18 Å². The van der Waals surface area contributed by atoms with Crippen LogP contribution in [0.1, 0.15) is 10.4 Å². The molecule has 0 spiro atoms. The first-order valence-electron chi connectivity index (χ1n) is 4.06. The lowest BCUT2D eigenvalue weighted by Crippen LogP contribution is -2.15. The molecule has 0 saturated carbocycles. The Morgan fingerprint density at radius 1 is 1.60 bits per heavy atom. The summed E-state index contributed by atoms with van der Waals surface area (Å²) >= 11 is 3.08. The smallest absolute Gasteiger partial charge is 0.255 e. The van der Waals surface area contributed by atoms with E-state index >= 15 is 0 Å². The second kappa shape index (κ2) is 4.93. The molecule has 0 aliphatic rings. The van der Waals surface area contributed by atoms with Crippen LogP contribution in [0.3, 0.4) is 0 Å². The van der Waals surface area contributed by atoms with Gasteiger partial charge in [-0.3, -0.25) is 4.79 Å². The van der Waals surface area contributed by atoms with Crippen LogP contribution in [-0.2, 0) is 0 Å². The number of halogens is 2. The molecule has 5 heteroatoms. The van der Waals surface area contributed by atoms with Crippen molar-refractivity contribution in [1.29, 1.82) is 0 Å². The number of ether oxygens (including phenoxy) is 1. The molecule has 0 bridgehead atoms. The van der Waals surface area contributed by atoms with Gasteiger partial charge < -0.3 is 10.5 Å². The number of hydrogen-bond acceptors (Lipinski definition) is 2. The Morgan fingerprint density at radius 2 is 2.27 bits per heavy atom. The molecule has 1 rings (SSSR count). The van der Waals surface area contributed by atoms with Gasteiger partial charge in [-0.25, -0.2) is 4.39 Å². The summed E-state index contributed by atoms with van der Waals surface area (Å²) in [7, 11) is 0. The van der Waals surface area contributed by atoms with Crippen molar-refractivity contribution < 1.29 is 13.9 Å². The van der Waals surface area contributed by atoms with E-state index in [1.807, 2.05) is 0 Å². The molecule has 0 fully saturated rings. The van der Waals surface area contributed by atoms with Gasteiger partial charge in [0, 0.05) is 4.48 Å². The quantitative estimate of drug-likeness (QED) is 0.915. The normalized spacial score (nSPS) is 9.73. The van der Waals surface area contributed by atoms with Gasteiger partial charge in [-0.2, -0.15) is 0 Å². The van der Waals surface area contributed by atoms with Crippen LogP contribution in [-0.4, -0.2) is 12.5 Å². The molecule has 2 N–H and O–H groups in total. The van der Waals surface area contributed by atoms with Crippen molar-refractivity contribution in [2.75, 3.05) is 6.61 Å². The largest absolute Gasteiger partial charge is 0.487 e. The van der Waals surface area contributed by atoms with E-state index in [4.69, 9.17) is 10.5 Å². The Balaban J connectivity index is 3.01. The topological polar surface area (TPSA) is 52.3 Å². The van der Waals surface area contributed by atoms with Crippen molar-refractivity contribution >= 4 is 21.8 Å². The molecule has 1 aromatic carbocycles. The van der Waals surface area contributed by atoms with Crippen LogP contribution in [0, 0.1) is 5.82 Å². The maximum atomic E-state index is 13.2. The summed E-state index contributed by atoms with van der Waals surface area (Å²) in [6, 6.07) is 4.06. The summed E-state index contributed by atoms with van der Waals surface area (Å²) in [4.78, 5) is 11.0. The molecular weight excluding hydrogens is 265 g/mol. The number of primary amides is 1. The Morgan fingerprint density at radius 3 is 2.80 bits per heavy atom. The Labute approximate surface area is 94.8 Å². The summed E-state index contributed by atoms with van der Waals surface area (Å²) in [5.41, 5.74) is 4.78. The molecule has 15 heavy (non-hydrogen) atoms. The lowest BCUT2D eigenvalue weighted by atomic mass is 10.2. The van der Waals surface area contributed by atoms with Crippen LogP contribution in [0.2, 0.25) is 0 Å². The summed E-state index contributed by atoms with van der Waals surface area (Å²) in [6.07, 6.45) is 0. The van der Waals surface area contributed by atoms with Crippen LogP contribution >= 0.6 is 15.9 Å². The van der Waals surface area contributed by atoms with E-state index in [-0.39, 0.29) is 17.9 Å². The highest BCUT2D eigenvalue weighted by molar-refractivity contribution is 9.11. The molecule has 3 nitrogen and oxygen atoms in total. The van der Waals surface area contributed by atoms with Gasteiger partial charge in [-0.1, -0.05) is 28.6 Å². The first kappa shape index (κ1) is 11.7. The lowest BCUT2D eigenvalue weighted by Gasteiger charge is -2.09. The van der Waals surface area contributed by atoms with E-state index in [1.165, 1.54) is 12.1 Å². The van der Waals surface area contributed by atoms with Crippen molar-refractivity contribution in [3.05, 3.63) is 40.6 Å². The molecule has 0 atom stereocenters. The minimum absolute atomic E-state index is 0.114. The zero-order chi connectivity index (χ0) is 11.4. The van der Waals surface area contributed by atoms with E-state index in [0.717, 1.165) is 6.07 Å². The first-order valence-corrected chi connectivity index (χ1v) is 4.86. The van der Waals surface area contributed by atoms with Crippen molar-refractivity contribution in [3.63, 3.8) is 0 Å². The second-order valence-electron chi connectivity index (χ2n) is 2.78. The van der Waals surface area contributed by atoms with Gasteiger partial charge in [0.2, 0.25) is 0 Å². The zero-order valence-corrected chi connectivity index (χ0v) is 9.38. The SMILES string of the molecule is C=C(Br)COc1cccc(F)c1C(N)=O. The van der Waals surface area contributed by atoms with Crippen molar-refractivity contribution in [3.8, 4) is 5.75 Å². The van der Waals surface area contributed by atoms with E-state index in [2.05, 4.69) is 22.5 Å². The van der Waals surface area contributed by atoms with Crippen molar-refractivity contribution in [2.24, 2.45) is 5.73 Å². The molecule has 0 aromatic heterocycles. The van der Waals surface area contributed by atoms with Crippen LogP contribution in [0.25, 0.3) is 0 Å². The van der Waals surface area contributed by atoms with Crippen LogP contribution in [0.5, 0.6) is 5.75 Å². The Bertz CT molecular complexity index is 406. The minimum Gasteiger partial charge on any atom is -0.487 e. The molecule has 0 saturated heterocycles. The van der Waals surface area contributed by atoms with Gasteiger partial charge in [0.25, 0.3) is 5.91 Å². The monoisotopic (exact) mass is 273 g/mol. The fourth-order valence-electron chi connectivity index (χ4n) is 1.02. The maximum Gasteiger partial charge on any atom is 0.255 e. The predicted octanol–water partition coefficient (Wildman–Crippen LogP) is 2.21. The zero-order valence-electron chi connectivity index (χ0n) is 7.80. The number of nitrogens with two attached hydrogens (primary N) is 1.